The van der Waals surface area contributed by atoms with Crippen molar-refractivity contribution in [2.45, 2.75) is 38.0 Å². The molecule has 2 aromatic heterocycles. The maximum absolute atomic E-state index is 5.34. The molecule has 0 amide bonds. The second-order valence-corrected chi connectivity index (χ2v) is 7.81. The maximum atomic E-state index is 5.34. The number of pyridine rings is 1. The first-order chi connectivity index (χ1) is 14.3. The van der Waals surface area contributed by atoms with E-state index in [0.29, 0.717) is 5.92 Å². The Morgan fingerprint density at radius 2 is 1.62 bits per heavy atom. The van der Waals surface area contributed by atoms with Gasteiger partial charge >= 0.3 is 0 Å². The van der Waals surface area contributed by atoms with Crippen LogP contribution in [0.4, 0.5) is 0 Å². The average Bonchev–Trinajstić information content (AvgIpc) is 3.24. The highest BCUT2D eigenvalue weighted by molar-refractivity contribution is 5.92. The molecule has 5 rings (SSSR count). The van der Waals surface area contributed by atoms with Crippen LogP contribution in [-0.2, 0) is 0 Å². The number of imidazole rings is 1. The van der Waals surface area contributed by atoms with Gasteiger partial charge < -0.3 is 9.72 Å². The number of fused-ring (bicyclic) bond motifs is 1. The third-order valence-electron chi connectivity index (χ3n) is 5.94. The summed E-state index contributed by atoms with van der Waals surface area (Å²) in [6, 6.07) is 20.7. The number of rotatable bonds is 4. The minimum absolute atomic E-state index is 0.516. The lowest BCUT2D eigenvalue weighted by Gasteiger charge is -2.18. The molecule has 0 spiro atoms. The quantitative estimate of drug-likeness (QED) is 0.447. The standard InChI is InChI=1S/C25H25N3O/c1-29-20-14-12-17(13-15-20)21-16-22(18-8-4-2-5-9-18)26-25-23(21)27-24(28-25)19-10-6-3-7-11-19/h2,4-5,8-9,12-16,19H,3,6-7,10-11H2,1H3,(H,26,27,28). The smallest absolute Gasteiger partial charge is 0.178 e. The molecule has 0 aliphatic heterocycles. The first kappa shape index (κ1) is 17.9. The van der Waals surface area contributed by atoms with Crippen molar-refractivity contribution in [1.82, 2.24) is 15.0 Å². The topological polar surface area (TPSA) is 50.8 Å². The van der Waals surface area contributed by atoms with Crippen LogP contribution >= 0.6 is 0 Å². The van der Waals surface area contributed by atoms with Crippen LogP contribution < -0.4 is 4.74 Å². The summed E-state index contributed by atoms with van der Waals surface area (Å²) < 4.78 is 5.34. The largest absolute Gasteiger partial charge is 0.497 e. The molecule has 2 aromatic carbocycles. The Hall–Kier alpha value is -3.14. The zero-order chi connectivity index (χ0) is 19.6. The van der Waals surface area contributed by atoms with Crippen LogP contribution in [-0.4, -0.2) is 22.1 Å². The van der Waals surface area contributed by atoms with Crippen molar-refractivity contribution in [2.24, 2.45) is 0 Å². The first-order valence-corrected chi connectivity index (χ1v) is 10.4. The normalized spacial score (nSPS) is 14.9. The molecule has 0 atom stereocenters. The first-order valence-electron chi connectivity index (χ1n) is 10.4. The van der Waals surface area contributed by atoms with Crippen molar-refractivity contribution in [3.63, 3.8) is 0 Å². The summed E-state index contributed by atoms with van der Waals surface area (Å²) in [5.74, 6) is 2.46. The van der Waals surface area contributed by atoms with Gasteiger partial charge in [0.25, 0.3) is 0 Å². The fraction of sp³-hybridized carbons (Fsp3) is 0.280. The fourth-order valence-electron chi connectivity index (χ4n) is 4.33. The number of hydrogen-bond donors (Lipinski definition) is 1. The molecule has 0 radical (unpaired) electrons. The van der Waals surface area contributed by atoms with Gasteiger partial charge in [-0.25, -0.2) is 9.97 Å². The summed E-state index contributed by atoms with van der Waals surface area (Å²) in [6.07, 6.45) is 6.34. The van der Waals surface area contributed by atoms with E-state index in [1.54, 1.807) is 7.11 Å². The lowest BCUT2D eigenvalue weighted by Crippen LogP contribution is -2.05. The van der Waals surface area contributed by atoms with Crippen molar-refractivity contribution in [1.29, 1.82) is 0 Å². The van der Waals surface area contributed by atoms with E-state index < -0.39 is 0 Å². The van der Waals surface area contributed by atoms with Gasteiger partial charge in [0, 0.05) is 17.0 Å². The molecule has 1 aliphatic rings. The van der Waals surface area contributed by atoms with E-state index in [9.17, 15) is 0 Å². The summed E-state index contributed by atoms with van der Waals surface area (Å²) in [4.78, 5) is 13.5. The van der Waals surface area contributed by atoms with E-state index in [4.69, 9.17) is 14.7 Å². The van der Waals surface area contributed by atoms with Crippen LogP contribution in [0.15, 0.2) is 60.7 Å². The second-order valence-electron chi connectivity index (χ2n) is 7.81. The highest BCUT2D eigenvalue weighted by atomic mass is 16.5. The summed E-state index contributed by atoms with van der Waals surface area (Å²) >= 11 is 0. The van der Waals surface area contributed by atoms with Gasteiger partial charge in [-0.05, 0) is 36.6 Å². The van der Waals surface area contributed by atoms with Crippen LogP contribution in [0.3, 0.4) is 0 Å². The van der Waals surface area contributed by atoms with Crippen molar-refractivity contribution < 1.29 is 4.74 Å². The Kier molecular flexibility index (Phi) is 4.76. The number of ether oxygens (including phenoxy) is 1. The van der Waals surface area contributed by atoms with Crippen molar-refractivity contribution in [3.05, 3.63) is 66.5 Å². The third kappa shape index (κ3) is 3.51. The second kappa shape index (κ2) is 7.70. The number of methoxy groups -OCH3 is 1. The molecule has 4 heteroatoms. The molecule has 1 fully saturated rings. The summed E-state index contributed by atoms with van der Waals surface area (Å²) in [6.45, 7) is 0. The third-order valence-corrected chi connectivity index (χ3v) is 5.94. The van der Waals surface area contributed by atoms with Gasteiger partial charge in [0.2, 0.25) is 0 Å². The Labute approximate surface area is 171 Å². The molecular weight excluding hydrogens is 358 g/mol. The van der Waals surface area contributed by atoms with Gasteiger partial charge in [-0.1, -0.05) is 61.7 Å². The zero-order valence-corrected chi connectivity index (χ0v) is 16.7. The molecular formula is C25H25N3O. The number of H-pyrrole nitrogens is 1. The molecule has 0 saturated heterocycles. The van der Waals surface area contributed by atoms with Gasteiger partial charge in [-0.15, -0.1) is 0 Å². The van der Waals surface area contributed by atoms with Gasteiger partial charge in [-0.3, -0.25) is 0 Å². The fourth-order valence-corrected chi connectivity index (χ4v) is 4.33. The highest BCUT2D eigenvalue weighted by Crippen LogP contribution is 2.36. The minimum atomic E-state index is 0.516. The lowest BCUT2D eigenvalue weighted by atomic mass is 9.89. The number of nitrogens with one attached hydrogen (secondary N) is 1. The van der Waals surface area contributed by atoms with Gasteiger partial charge in [-0.2, -0.15) is 0 Å². The van der Waals surface area contributed by atoms with Gasteiger partial charge in [0.05, 0.1) is 18.3 Å². The Morgan fingerprint density at radius 1 is 0.862 bits per heavy atom. The predicted octanol–water partition coefficient (Wildman–Crippen LogP) is 6.35. The Balaban J connectivity index is 1.67. The zero-order valence-electron chi connectivity index (χ0n) is 16.7. The van der Waals surface area contributed by atoms with E-state index in [-0.39, 0.29) is 0 Å². The molecule has 4 nitrogen and oxygen atoms in total. The summed E-state index contributed by atoms with van der Waals surface area (Å²) in [5.41, 5.74) is 6.14. The summed E-state index contributed by atoms with van der Waals surface area (Å²) in [5, 5.41) is 0. The van der Waals surface area contributed by atoms with Crippen LogP contribution in [0.5, 0.6) is 5.75 Å². The molecule has 29 heavy (non-hydrogen) atoms. The van der Waals surface area contributed by atoms with E-state index in [2.05, 4.69) is 35.3 Å². The van der Waals surface area contributed by atoms with Crippen molar-refractivity contribution in [3.8, 4) is 28.1 Å². The van der Waals surface area contributed by atoms with Gasteiger partial charge in [0.1, 0.15) is 11.6 Å². The monoisotopic (exact) mass is 383 g/mol. The van der Waals surface area contributed by atoms with Crippen LogP contribution in [0.2, 0.25) is 0 Å². The van der Waals surface area contributed by atoms with Crippen LogP contribution in [0, 0.1) is 0 Å². The van der Waals surface area contributed by atoms with E-state index in [0.717, 1.165) is 45.1 Å². The molecule has 0 unspecified atom stereocenters. The van der Waals surface area contributed by atoms with Crippen molar-refractivity contribution in [2.75, 3.05) is 7.11 Å². The number of aromatic nitrogens is 3. The van der Waals surface area contributed by atoms with Crippen LogP contribution in [0.25, 0.3) is 33.5 Å². The SMILES string of the molecule is COc1ccc(-c2cc(-c3ccccc3)nc3nc(C4CCCCC4)[nH]c23)cc1. The van der Waals surface area contributed by atoms with E-state index in [1.807, 2.05) is 30.3 Å². The lowest BCUT2D eigenvalue weighted by molar-refractivity contribution is 0.415. The number of aromatic amines is 1. The van der Waals surface area contributed by atoms with E-state index >= 15 is 0 Å². The molecule has 1 aliphatic carbocycles. The molecule has 4 aromatic rings. The summed E-state index contributed by atoms with van der Waals surface area (Å²) in [7, 11) is 1.69. The van der Waals surface area contributed by atoms with Crippen LogP contribution in [0.1, 0.15) is 43.8 Å². The average molecular weight is 383 g/mol. The predicted molar refractivity (Wildman–Crippen MR) is 117 cm³/mol. The molecule has 2 heterocycles. The molecule has 0 bridgehead atoms. The number of hydrogen-bond acceptors (Lipinski definition) is 3. The van der Waals surface area contributed by atoms with E-state index in [1.165, 1.54) is 32.1 Å². The maximum Gasteiger partial charge on any atom is 0.178 e. The van der Waals surface area contributed by atoms with Gasteiger partial charge in [0.15, 0.2) is 5.65 Å². The highest BCUT2D eigenvalue weighted by Gasteiger charge is 2.21. The Bertz CT molecular complexity index is 1110. The molecule has 146 valence electrons. The number of benzene rings is 2. The minimum Gasteiger partial charge on any atom is -0.497 e. The van der Waals surface area contributed by atoms with Crippen molar-refractivity contribution >= 4 is 11.2 Å². The number of nitrogens with zero attached hydrogens (tertiary/aromatic N) is 2. The molecule has 1 N–H and O–H groups in total. The Morgan fingerprint density at radius 3 is 2.34 bits per heavy atom. The molecule has 1 saturated carbocycles.